The van der Waals surface area contributed by atoms with Gasteiger partial charge in [-0.1, -0.05) is 71.0 Å². The van der Waals surface area contributed by atoms with E-state index < -0.39 is 0 Å². The largest absolute Gasteiger partial charge is 0.460 e. The van der Waals surface area contributed by atoms with Crippen LogP contribution < -0.4 is 0 Å². The molecule has 0 N–H and O–H groups in total. The molecule has 0 aliphatic carbocycles. The number of nitrogens with zero attached hydrogens (tertiary/aromatic N) is 2. The zero-order valence-corrected chi connectivity index (χ0v) is 22.3. The lowest BCUT2D eigenvalue weighted by atomic mass is 9.82. The molecule has 3 heterocycles. The second-order valence-corrected chi connectivity index (χ2v) is 11.5. The molecule has 0 radical (unpaired) electrons. The molecule has 0 saturated heterocycles. The summed E-state index contributed by atoms with van der Waals surface area (Å²) in [7, 11) is 0. The molecule has 3 aromatic heterocycles. The molecule has 0 atom stereocenters. The Morgan fingerprint density at radius 3 is 2.41 bits per heavy atom. The van der Waals surface area contributed by atoms with Gasteiger partial charge >= 0.3 is 0 Å². The first kappa shape index (κ1) is 23.5. The third-order valence-electron chi connectivity index (χ3n) is 7.15. The quantitative estimate of drug-likeness (QED) is 0.248. The van der Waals surface area contributed by atoms with Crippen LogP contribution in [0.2, 0.25) is 0 Å². The van der Waals surface area contributed by atoms with Crippen LogP contribution >= 0.6 is 0 Å². The Bertz CT molecular complexity index is 1780. The van der Waals surface area contributed by atoms with Crippen molar-refractivity contribution in [3.63, 3.8) is 0 Å². The van der Waals surface area contributed by atoms with Gasteiger partial charge in [0.05, 0.1) is 5.56 Å². The number of aryl methyl sites for hydroxylation is 1. The third-order valence-corrected chi connectivity index (χ3v) is 7.15. The van der Waals surface area contributed by atoms with Gasteiger partial charge in [-0.05, 0) is 59.2 Å². The number of benzene rings is 3. The van der Waals surface area contributed by atoms with Gasteiger partial charge in [-0.25, -0.2) is 9.97 Å². The molecule has 4 nitrogen and oxygen atoms in total. The van der Waals surface area contributed by atoms with Gasteiger partial charge < -0.3 is 8.83 Å². The Morgan fingerprint density at radius 2 is 1.62 bits per heavy atom. The Labute approximate surface area is 217 Å². The minimum absolute atomic E-state index is 0.0173. The molecule has 0 aliphatic heterocycles. The van der Waals surface area contributed by atoms with Crippen molar-refractivity contribution in [1.29, 1.82) is 0 Å². The van der Waals surface area contributed by atoms with Crippen LogP contribution in [0.15, 0.2) is 75.8 Å². The van der Waals surface area contributed by atoms with Crippen LogP contribution in [0, 0.1) is 12.8 Å². The second kappa shape index (κ2) is 8.58. The summed E-state index contributed by atoms with van der Waals surface area (Å²) in [5.41, 5.74) is 7.65. The van der Waals surface area contributed by atoms with Gasteiger partial charge in [0, 0.05) is 22.6 Å². The number of para-hydroxylation sites is 1. The van der Waals surface area contributed by atoms with Crippen LogP contribution in [0.5, 0.6) is 0 Å². The molecule has 0 spiro atoms. The molecular formula is C33H32N2O2. The van der Waals surface area contributed by atoms with Gasteiger partial charge in [0.25, 0.3) is 0 Å². The van der Waals surface area contributed by atoms with Crippen molar-refractivity contribution >= 4 is 32.8 Å². The number of fused-ring (bicyclic) bond motifs is 3. The van der Waals surface area contributed by atoms with Crippen molar-refractivity contribution in [2.45, 2.75) is 53.4 Å². The Kier molecular flexibility index (Phi) is 5.45. The number of rotatable bonds is 4. The van der Waals surface area contributed by atoms with Crippen LogP contribution in [0.1, 0.15) is 51.5 Å². The van der Waals surface area contributed by atoms with Crippen molar-refractivity contribution in [1.82, 2.24) is 9.97 Å². The zero-order chi connectivity index (χ0) is 25.9. The van der Waals surface area contributed by atoms with Crippen molar-refractivity contribution in [2.75, 3.05) is 0 Å². The summed E-state index contributed by atoms with van der Waals surface area (Å²) in [6.07, 6.45) is 2.61. The smallest absolute Gasteiger partial charge is 0.179 e. The highest BCUT2D eigenvalue weighted by molar-refractivity contribution is 5.99. The summed E-state index contributed by atoms with van der Waals surface area (Å²) in [4.78, 5) is 9.25. The molecule has 6 aromatic rings. The van der Waals surface area contributed by atoms with E-state index in [1.165, 1.54) is 21.9 Å². The van der Waals surface area contributed by atoms with Gasteiger partial charge in [-0.15, -0.1) is 0 Å². The normalized spacial score (nSPS) is 12.4. The lowest BCUT2D eigenvalue weighted by molar-refractivity contribution is 0.558. The molecule has 0 saturated carbocycles. The first-order valence-electron chi connectivity index (χ1n) is 13.0. The van der Waals surface area contributed by atoms with Crippen LogP contribution in [-0.4, -0.2) is 9.97 Å². The highest BCUT2D eigenvalue weighted by Gasteiger charge is 2.22. The number of hydrogen-bond acceptors (Lipinski definition) is 4. The van der Waals surface area contributed by atoms with Gasteiger partial charge in [-0.3, -0.25) is 0 Å². The summed E-state index contributed by atoms with van der Waals surface area (Å²) in [6.45, 7) is 13.3. The third kappa shape index (κ3) is 4.01. The summed E-state index contributed by atoms with van der Waals surface area (Å²) in [6, 6.07) is 21.3. The molecule has 0 bridgehead atoms. The first-order chi connectivity index (χ1) is 17.7. The van der Waals surface area contributed by atoms with E-state index in [0.29, 0.717) is 11.5 Å². The molecule has 186 valence electrons. The Balaban J connectivity index is 1.55. The van der Waals surface area contributed by atoms with Gasteiger partial charge in [0.15, 0.2) is 5.58 Å². The van der Waals surface area contributed by atoms with E-state index in [2.05, 4.69) is 101 Å². The summed E-state index contributed by atoms with van der Waals surface area (Å²) in [5.74, 6) is 2.26. The molecule has 0 aliphatic rings. The standard InChI is InChI=1S/C33H32N2O2/c1-19(2)14-26-20(3)36-31-24(26)12-9-13-25(31)29-17-28-32(37-29)30(35-18-34-28)22-15-21-10-7-8-11-23(21)27(16-22)33(4,5)6/h7-13,15-19H,14H2,1-6H3. The van der Waals surface area contributed by atoms with E-state index in [1.54, 1.807) is 6.33 Å². The van der Waals surface area contributed by atoms with Gasteiger partial charge in [0.1, 0.15) is 34.6 Å². The van der Waals surface area contributed by atoms with E-state index in [4.69, 9.17) is 13.8 Å². The zero-order valence-electron chi connectivity index (χ0n) is 22.3. The van der Waals surface area contributed by atoms with Crippen LogP contribution in [0.25, 0.3) is 55.4 Å². The van der Waals surface area contributed by atoms with Crippen LogP contribution in [0.3, 0.4) is 0 Å². The molecule has 0 unspecified atom stereocenters. The molecule has 4 heteroatoms. The molecule has 0 fully saturated rings. The minimum atomic E-state index is -0.0173. The van der Waals surface area contributed by atoms with Crippen molar-refractivity contribution in [3.05, 3.63) is 83.9 Å². The van der Waals surface area contributed by atoms with E-state index in [-0.39, 0.29) is 5.41 Å². The summed E-state index contributed by atoms with van der Waals surface area (Å²) < 4.78 is 12.8. The average Bonchev–Trinajstić information content (AvgIpc) is 3.43. The van der Waals surface area contributed by atoms with Gasteiger partial charge in [0.2, 0.25) is 0 Å². The number of hydrogen-bond donors (Lipinski definition) is 0. The monoisotopic (exact) mass is 488 g/mol. The maximum atomic E-state index is 6.53. The summed E-state index contributed by atoms with van der Waals surface area (Å²) >= 11 is 0. The molecular weight excluding hydrogens is 456 g/mol. The maximum Gasteiger partial charge on any atom is 0.179 e. The average molecular weight is 489 g/mol. The Hall–Kier alpha value is -3.92. The Morgan fingerprint density at radius 1 is 0.838 bits per heavy atom. The second-order valence-electron chi connectivity index (χ2n) is 11.5. The van der Waals surface area contributed by atoms with E-state index in [0.717, 1.165) is 51.2 Å². The maximum absolute atomic E-state index is 6.53. The first-order valence-corrected chi connectivity index (χ1v) is 13.0. The fraction of sp³-hybridized carbons (Fsp3) is 0.273. The fourth-order valence-corrected chi connectivity index (χ4v) is 5.41. The van der Waals surface area contributed by atoms with Crippen LogP contribution in [-0.2, 0) is 11.8 Å². The molecule has 6 rings (SSSR count). The predicted molar refractivity (Wildman–Crippen MR) is 152 cm³/mol. The predicted octanol–water partition coefficient (Wildman–Crippen LogP) is 9.26. The van der Waals surface area contributed by atoms with Crippen molar-refractivity contribution in [3.8, 4) is 22.6 Å². The van der Waals surface area contributed by atoms with Gasteiger partial charge in [-0.2, -0.15) is 0 Å². The van der Waals surface area contributed by atoms with Crippen molar-refractivity contribution < 1.29 is 8.83 Å². The van der Waals surface area contributed by atoms with Crippen LogP contribution in [0.4, 0.5) is 0 Å². The number of furan rings is 2. The van der Waals surface area contributed by atoms with E-state index in [9.17, 15) is 0 Å². The SMILES string of the molecule is Cc1oc2c(-c3cc4ncnc(-c5cc(C(C)(C)C)c6ccccc6c5)c4o3)cccc2c1CC(C)C. The number of aromatic nitrogens is 2. The molecule has 0 amide bonds. The summed E-state index contributed by atoms with van der Waals surface area (Å²) in [5, 5.41) is 3.61. The lowest BCUT2D eigenvalue weighted by Gasteiger charge is -2.22. The highest BCUT2D eigenvalue weighted by Crippen LogP contribution is 2.40. The lowest BCUT2D eigenvalue weighted by Crippen LogP contribution is -2.12. The van der Waals surface area contributed by atoms with E-state index in [1.807, 2.05) is 6.07 Å². The van der Waals surface area contributed by atoms with E-state index >= 15 is 0 Å². The molecule has 3 aromatic carbocycles. The topological polar surface area (TPSA) is 52.1 Å². The highest BCUT2D eigenvalue weighted by atomic mass is 16.4. The van der Waals surface area contributed by atoms with Crippen molar-refractivity contribution in [2.24, 2.45) is 5.92 Å². The minimum Gasteiger partial charge on any atom is -0.460 e. The molecule has 37 heavy (non-hydrogen) atoms. The fourth-order valence-electron chi connectivity index (χ4n) is 5.41.